The van der Waals surface area contributed by atoms with Crippen molar-refractivity contribution in [3.05, 3.63) is 23.8 Å². The molecule has 102 valence electrons. The van der Waals surface area contributed by atoms with Crippen molar-refractivity contribution < 1.29 is 15.3 Å². The zero-order valence-corrected chi connectivity index (χ0v) is 11.2. The highest BCUT2D eigenvalue weighted by molar-refractivity contribution is 5.37. The maximum absolute atomic E-state index is 9.76. The van der Waals surface area contributed by atoms with Crippen molar-refractivity contribution in [1.29, 1.82) is 0 Å². The normalized spacial score (nSPS) is 14.7. The predicted octanol–water partition coefficient (Wildman–Crippen LogP) is 2.16. The fourth-order valence-corrected chi connectivity index (χ4v) is 1.93. The first-order valence-electron chi connectivity index (χ1n) is 6.33. The van der Waals surface area contributed by atoms with Crippen LogP contribution in [0.15, 0.2) is 18.2 Å². The Balaban J connectivity index is 2.52. The van der Waals surface area contributed by atoms with Gasteiger partial charge in [-0.2, -0.15) is 0 Å². The first-order valence-corrected chi connectivity index (χ1v) is 6.33. The monoisotopic (exact) mass is 253 g/mol. The summed E-state index contributed by atoms with van der Waals surface area (Å²) in [5.41, 5.74) is 0.796. The van der Waals surface area contributed by atoms with Gasteiger partial charge in [0.15, 0.2) is 0 Å². The summed E-state index contributed by atoms with van der Waals surface area (Å²) in [6, 6.07) is 4.47. The predicted molar refractivity (Wildman–Crippen MR) is 71.7 cm³/mol. The maximum atomic E-state index is 9.76. The lowest BCUT2D eigenvalue weighted by atomic mass is 10.0. The zero-order chi connectivity index (χ0) is 13.7. The lowest BCUT2D eigenvalue weighted by Gasteiger charge is -2.19. The molecule has 0 amide bonds. The van der Waals surface area contributed by atoms with Crippen molar-refractivity contribution in [1.82, 2.24) is 5.32 Å². The van der Waals surface area contributed by atoms with Crippen molar-refractivity contribution in [2.24, 2.45) is 5.92 Å². The SMILES string of the molecule is CC(C)CC(O)CNC(C)c1cc(O)cc(O)c1. The molecule has 0 aromatic heterocycles. The van der Waals surface area contributed by atoms with Crippen LogP contribution < -0.4 is 5.32 Å². The third-order valence-corrected chi connectivity index (χ3v) is 2.83. The highest BCUT2D eigenvalue weighted by Crippen LogP contribution is 2.24. The van der Waals surface area contributed by atoms with Crippen LogP contribution in [0.3, 0.4) is 0 Å². The fraction of sp³-hybridized carbons (Fsp3) is 0.571. The summed E-state index contributed by atoms with van der Waals surface area (Å²) >= 11 is 0. The summed E-state index contributed by atoms with van der Waals surface area (Å²) in [7, 11) is 0. The van der Waals surface area contributed by atoms with E-state index in [0.717, 1.165) is 12.0 Å². The lowest BCUT2D eigenvalue weighted by Crippen LogP contribution is -2.29. The van der Waals surface area contributed by atoms with Crippen LogP contribution in [-0.4, -0.2) is 28.0 Å². The standard InChI is InChI=1S/C14H23NO3/c1-9(2)4-14(18)8-15-10(3)11-5-12(16)7-13(17)6-11/h5-7,9-10,14-18H,4,8H2,1-3H3. The van der Waals surface area contributed by atoms with E-state index in [9.17, 15) is 15.3 Å². The summed E-state index contributed by atoms with van der Waals surface area (Å²) in [4.78, 5) is 0. The first kappa shape index (κ1) is 14.8. The number of aromatic hydroxyl groups is 2. The van der Waals surface area contributed by atoms with Crippen molar-refractivity contribution in [2.75, 3.05) is 6.54 Å². The minimum Gasteiger partial charge on any atom is -0.508 e. The molecule has 18 heavy (non-hydrogen) atoms. The molecule has 1 rings (SSSR count). The van der Waals surface area contributed by atoms with Crippen LogP contribution in [0, 0.1) is 5.92 Å². The zero-order valence-electron chi connectivity index (χ0n) is 11.2. The Morgan fingerprint density at radius 2 is 1.61 bits per heavy atom. The summed E-state index contributed by atoms with van der Waals surface area (Å²) in [6.07, 6.45) is 0.378. The Morgan fingerprint density at radius 1 is 1.06 bits per heavy atom. The Morgan fingerprint density at radius 3 is 2.11 bits per heavy atom. The molecule has 0 radical (unpaired) electrons. The van der Waals surface area contributed by atoms with Crippen LogP contribution in [0.25, 0.3) is 0 Å². The van der Waals surface area contributed by atoms with E-state index in [2.05, 4.69) is 19.2 Å². The number of rotatable bonds is 6. The molecule has 0 spiro atoms. The largest absolute Gasteiger partial charge is 0.508 e. The fourth-order valence-electron chi connectivity index (χ4n) is 1.93. The van der Waals surface area contributed by atoms with Gasteiger partial charge in [-0.15, -0.1) is 0 Å². The highest BCUT2D eigenvalue weighted by Gasteiger charge is 2.11. The Kier molecular flexibility index (Phi) is 5.44. The molecule has 2 atom stereocenters. The summed E-state index contributed by atoms with van der Waals surface area (Å²) in [5, 5.41) is 31.8. The molecule has 0 aliphatic carbocycles. The second kappa shape index (κ2) is 6.61. The molecule has 0 saturated heterocycles. The van der Waals surface area contributed by atoms with Crippen molar-refractivity contribution in [3.8, 4) is 11.5 Å². The molecule has 1 aromatic carbocycles. The second-order valence-corrected chi connectivity index (χ2v) is 5.20. The van der Waals surface area contributed by atoms with Crippen molar-refractivity contribution in [3.63, 3.8) is 0 Å². The maximum Gasteiger partial charge on any atom is 0.119 e. The van der Waals surface area contributed by atoms with Gasteiger partial charge in [0.25, 0.3) is 0 Å². The number of nitrogens with one attached hydrogen (secondary N) is 1. The average Bonchev–Trinajstić information content (AvgIpc) is 2.23. The van der Waals surface area contributed by atoms with Crippen LogP contribution in [0.2, 0.25) is 0 Å². The van der Waals surface area contributed by atoms with E-state index < -0.39 is 0 Å². The van der Waals surface area contributed by atoms with E-state index in [0.29, 0.717) is 12.5 Å². The molecule has 0 saturated carbocycles. The van der Waals surface area contributed by atoms with Gasteiger partial charge in [-0.25, -0.2) is 0 Å². The van der Waals surface area contributed by atoms with Crippen molar-refractivity contribution >= 4 is 0 Å². The quantitative estimate of drug-likeness (QED) is 0.627. The molecule has 2 unspecified atom stereocenters. The number of benzene rings is 1. The van der Waals surface area contributed by atoms with Gasteiger partial charge < -0.3 is 20.6 Å². The van der Waals surface area contributed by atoms with Gasteiger partial charge >= 0.3 is 0 Å². The Hall–Kier alpha value is -1.26. The van der Waals surface area contributed by atoms with Gasteiger partial charge in [0.05, 0.1) is 6.10 Å². The molecule has 4 N–H and O–H groups in total. The third-order valence-electron chi connectivity index (χ3n) is 2.83. The molecular formula is C14H23NO3. The van der Waals surface area contributed by atoms with Gasteiger partial charge in [-0.05, 0) is 37.0 Å². The van der Waals surface area contributed by atoms with Gasteiger partial charge in [0.2, 0.25) is 0 Å². The highest BCUT2D eigenvalue weighted by atomic mass is 16.3. The van der Waals surface area contributed by atoms with E-state index in [1.807, 2.05) is 6.92 Å². The Labute approximate surface area is 108 Å². The number of hydrogen-bond acceptors (Lipinski definition) is 4. The molecule has 4 heteroatoms. The van der Waals surface area contributed by atoms with Crippen LogP contribution in [0.4, 0.5) is 0 Å². The van der Waals surface area contributed by atoms with Crippen LogP contribution in [0.5, 0.6) is 11.5 Å². The smallest absolute Gasteiger partial charge is 0.119 e. The van der Waals surface area contributed by atoms with Gasteiger partial charge in [0.1, 0.15) is 11.5 Å². The van der Waals surface area contributed by atoms with E-state index in [-0.39, 0.29) is 23.6 Å². The minimum atomic E-state index is -0.377. The molecule has 0 heterocycles. The number of phenolic OH excluding ortho intramolecular Hbond substituents is 2. The average molecular weight is 253 g/mol. The number of phenols is 2. The van der Waals surface area contributed by atoms with E-state index in [1.165, 1.54) is 6.07 Å². The van der Waals surface area contributed by atoms with Gasteiger partial charge in [-0.1, -0.05) is 13.8 Å². The van der Waals surface area contributed by atoms with E-state index in [1.54, 1.807) is 12.1 Å². The second-order valence-electron chi connectivity index (χ2n) is 5.20. The third kappa shape index (κ3) is 4.94. The molecule has 0 fully saturated rings. The Bertz CT molecular complexity index is 359. The number of aliphatic hydroxyl groups excluding tert-OH is 1. The lowest BCUT2D eigenvalue weighted by molar-refractivity contribution is 0.143. The van der Waals surface area contributed by atoms with E-state index in [4.69, 9.17) is 0 Å². The molecule has 0 aliphatic heterocycles. The topological polar surface area (TPSA) is 72.7 Å². The number of aliphatic hydroxyl groups is 1. The number of hydrogen-bond donors (Lipinski definition) is 4. The molecule has 4 nitrogen and oxygen atoms in total. The van der Waals surface area contributed by atoms with Crippen LogP contribution in [0.1, 0.15) is 38.8 Å². The molecule has 1 aromatic rings. The summed E-state index contributed by atoms with van der Waals surface area (Å²) < 4.78 is 0. The van der Waals surface area contributed by atoms with Gasteiger partial charge in [0, 0.05) is 18.7 Å². The van der Waals surface area contributed by atoms with Gasteiger partial charge in [-0.3, -0.25) is 0 Å². The molecule has 0 bridgehead atoms. The molecular weight excluding hydrogens is 230 g/mol. The minimum absolute atomic E-state index is 0.0372. The van der Waals surface area contributed by atoms with Crippen LogP contribution >= 0.6 is 0 Å². The molecule has 0 aliphatic rings. The van der Waals surface area contributed by atoms with E-state index >= 15 is 0 Å². The summed E-state index contributed by atoms with van der Waals surface area (Å²) in [5.74, 6) is 0.546. The summed E-state index contributed by atoms with van der Waals surface area (Å²) in [6.45, 7) is 6.56. The van der Waals surface area contributed by atoms with Crippen LogP contribution in [-0.2, 0) is 0 Å². The van der Waals surface area contributed by atoms with Crippen molar-refractivity contribution in [2.45, 2.75) is 39.3 Å². The first-order chi connectivity index (χ1) is 8.38.